The van der Waals surface area contributed by atoms with Crippen LogP contribution in [0.2, 0.25) is 0 Å². The van der Waals surface area contributed by atoms with Gasteiger partial charge in [-0.25, -0.2) is 13.6 Å². The van der Waals surface area contributed by atoms with Crippen molar-refractivity contribution in [3.63, 3.8) is 0 Å². The number of nitrogens with zero attached hydrogens (tertiary/aromatic N) is 5. The van der Waals surface area contributed by atoms with Crippen LogP contribution in [0.1, 0.15) is 42.7 Å². The number of methoxy groups -OCH3 is 1. The fraction of sp³-hybridized carbons (Fsp3) is 0.480. The van der Waals surface area contributed by atoms with Crippen molar-refractivity contribution < 1.29 is 13.2 Å². The van der Waals surface area contributed by atoms with Gasteiger partial charge in [0.2, 0.25) is 15.8 Å². The van der Waals surface area contributed by atoms with Gasteiger partial charge in [-0.1, -0.05) is 24.3 Å². The van der Waals surface area contributed by atoms with Crippen LogP contribution in [0.5, 0.6) is 5.75 Å². The van der Waals surface area contributed by atoms with Crippen molar-refractivity contribution >= 4 is 10.0 Å². The van der Waals surface area contributed by atoms with E-state index in [0.717, 1.165) is 68.7 Å². The molecule has 2 heterocycles. The second-order valence-electron chi connectivity index (χ2n) is 9.55. The number of piperazine rings is 1. The lowest BCUT2D eigenvalue weighted by molar-refractivity contribution is 0.133. The molecule has 1 aromatic heterocycles. The van der Waals surface area contributed by atoms with E-state index in [0.29, 0.717) is 18.2 Å². The maximum Gasteiger partial charge on any atom is 0.238 e. The van der Waals surface area contributed by atoms with Gasteiger partial charge < -0.3 is 10.1 Å². The van der Waals surface area contributed by atoms with E-state index >= 15 is 0 Å². The van der Waals surface area contributed by atoms with Crippen LogP contribution in [0.25, 0.3) is 11.4 Å². The first-order chi connectivity index (χ1) is 17.4. The molecule has 0 unspecified atom stereocenters. The molecule has 11 heteroatoms. The molecule has 0 atom stereocenters. The van der Waals surface area contributed by atoms with Crippen molar-refractivity contribution in [1.29, 1.82) is 0 Å². The minimum absolute atomic E-state index is 0.0493. The first-order valence-corrected chi connectivity index (χ1v) is 14.0. The van der Waals surface area contributed by atoms with Crippen LogP contribution in [0.15, 0.2) is 47.4 Å². The highest BCUT2D eigenvalue weighted by atomic mass is 32.2. The average Bonchev–Trinajstić information content (AvgIpc) is 3.37. The SMILES string of the molecule is COc1ccc(Cn2nnc(-c3c(C4CCC(N5CCNCC5)CC4)cccc3S(N)(=O)=O)n2)cc1. The van der Waals surface area contributed by atoms with Gasteiger partial charge in [0, 0.05) is 37.8 Å². The normalized spacial score (nSPS) is 21.4. The highest BCUT2D eigenvalue weighted by molar-refractivity contribution is 7.89. The monoisotopic (exact) mass is 511 g/mol. The number of tetrazole rings is 1. The fourth-order valence-corrected chi connectivity index (χ4v) is 6.23. The highest BCUT2D eigenvalue weighted by Gasteiger charge is 2.31. The van der Waals surface area contributed by atoms with Gasteiger partial charge in [0.1, 0.15) is 5.75 Å². The number of hydrogen-bond donors (Lipinski definition) is 2. The molecule has 10 nitrogen and oxygen atoms in total. The van der Waals surface area contributed by atoms with Crippen molar-refractivity contribution in [2.45, 2.75) is 49.1 Å². The van der Waals surface area contributed by atoms with Crippen LogP contribution in [0, 0.1) is 0 Å². The number of nitrogens with two attached hydrogens (primary N) is 1. The molecule has 36 heavy (non-hydrogen) atoms. The molecule has 0 radical (unpaired) electrons. The van der Waals surface area contributed by atoms with E-state index in [-0.39, 0.29) is 16.6 Å². The van der Waals surface area contributed by atoms with E-state index in [1.165, 1.54) is 10.9 Å². The summed E-state index contributed by atoms with van der Waals surface area (Å²) in [5.74, 6) is 1.27. The topological polar surface area (TPSA) is 128 Å². The summed E-state index contributed by atoms with van der Waals surface area (Å²) < 4.78 is 30.3. The number of nitrogens with one attached hydrogen (secondary N) is 1. The Labute approximate surface area is 211 Å². The molecule has 5 rings (SSSR count). The number of benzene rings is 2. The Bertz CT molecular complexity index is 1280. The van der Waals surface area contributed by atoms with Crippen molar-refractivity contribution in [1.82, 2.24) is 30.4 Å². The molecule has 2 aromatic carbocycles. The van der Waals surface area contributed by atoms with Gasteiger partial charge in [0.05, 0.1) is 18.6 Å². The predicted octanol–water partition coefficient (Wildman–Crippen LogP) is 1.98. The van der Waals surface area contributed by atoms with Crippen molar-refractivity contribution in [3.05, 3.63) is 53.6 Å². The summed E-state index contributed by atoms with van der Waals surface area (Å²) in [4.78, 5) is 4.11. The Kier molecular flexibility index (Phi) is 7.33. The predicted molar refractivity (Wildman–Crippen MR) is 136 cm³/mol. The average molecular weight is 512 g/mol. The zero-order chi connectivity index (χ0) is 25.1. The molecule has 3 aromatic rings. The second-order valence-corrected chi connectivity index (χ2v) is 11.1. The van der Waals surface area contributed by atoms with E-state index in [4.69, 9.17) is 9.88 Å². The highest BCUT2D eigenvalue weighted by Crippen LogP contribution is 2.40. The van der Waals surface area contributed by atoms with E-state index < -0.39 is 10.0 Å². The van der Waals surface area contributed by atoms with Crippen LogP contribution < -0.4 is 15.2 Å². The minimum atomic E-state index is -3.97. The van der Waals surface area contributed by atoms with Gasteiger partial charge in [-0.3, -0.25) is 4.90 Å². The van der Waals surface area contributed by atoms with Gasteiger partial charge in [0.15, 0.2) is 0 Å². The number of primary sulfonamides is 1. The molecule has 2 aliphatic rings. The maximum absolute atomic E-state index is 12.5. The summed E-state index contributed by atoms with van der Waals surface area (Å²) >= 11 is 0. The molecule has 0 amide bonds. The molecule has 2 fully saturated rings. The minimum Gasteiger partial charge on any atom is -0.497 e. The number of hydrogen-bond acceptors (Lipinski definition) is 8. The molecule has 0 spiro atoms. The zero-order valence-electron chi connectivity index (χ0n) is 20.5. The summed E-state index contributed by atoms with van der Waals surface area (Å²) in [5.41, 5.74) is 2.39. The number of rotatable bonds is 7. The standard InChI is InChI=1S/C25H33N7O3S/c1-35-21-11-5-18(6-12-21)17-32-29-25(28-30-32)24-22(3-2-4-23(24)36(26,33)34)19-7-9-20(10-8-19)31-15-13-27-14-16-31/h2-6,11-12,19-20,27H,7-10,13-17H2,1H3,(H2,26,33,34). The quantitative estimate of drug-likeness (QED) is 0.493. The lowest BCUT2D eigenvalue weighted by Gasteiger charge is -2.39. The summed E-state index contributed by atoms with van der Waals surface area (Å²) in [5, 5.41) is 22.1. The molecule has 1 aliphatic carbocycles. The Morgan fingerprint density at radius 1 is 1.06 bits per heavy atom. The van der Waals surface area contributed by atoms with Crippen molar-refractivity contribution in [3.8, 4) is 17.1 Å². The molecule has 1 saturated carbocycles. The zero-order valence-corrected chi connectivity index (χ0v) is 21.3. The van der Waals surface area contributed by atoms with Crippen molar-refractivity contribution in [2.24, 2.45) is 5.14 Å². The number of sulfonamides is 1. The van der Waals surface area contributed by atoms with Gasteiger partial charge in [-0.05, 0) is 66.1 Å². The van der Waals surface area contributed by atoms with E-state index in [2.05, 4.69) is 25.6 Å². The van der Waals surface area contributed by atoms with Crippen molar-refractivity contribution in [2.75, 3.05) is 33.3 Å². The molecule has 1 saturated heterocycles. The van der Waals surface area contributed by atoms with Crippen LogP contribution in [-0.4, -0.2) is 72.9 Å². The largest absolute Gasteiger partial charge is 0.497 e. The van der Waals surface area contributed by atoms with E-state index in [1.807, 2.05) is 30.3 Å². The van der Waals surface area contributed by atoms with Crippen LogP contribution >= 0.6 is 0 Å². The Morgan fingerprint density at radius 2 is 1.78 bits per heavy atom. The molecular weight excluding hydrogens is 478 g/mol. The lowest BCUT2D eigenvalue weighted by Crippen LogP contribution is -2.49. The third kappa shape index (κ3) is 5.44. The molecule has 192 valence electrons. The van der Waals surface area contributed by atoms with Crippen LogP contribution in [0.3, 0.4) is 0 Å². The van der Waals surface area contributed by atoms with E-state index in [9.17, 15) is 8.42 Å². The van der Waals surface area contributed by atoms with Crippen LogP contribution in [0.4, 0.5) is 0 Å². The Balaban J connectivity index is 1.41. The Hall–Kier alpha value is -2.86. The molecule has 3 N–H and O–H groups in total. The van der Waals surface area contributed by atoms with Gasteiger partial charge in [0.25, 0.3) is 0 Å². The first kappa shape index (κ1) is 24.8. The third-order valence-electron chi connectivity index (χ3n) is 7.33. The fourth-order valence-electron chi connectivity index (χ4n) is 5.47. The van der Waals surface area contributed by atoms with Gasteiger partial charge >= 0.3 is 0 Å². The Morgan fingerprint density at radius 3 is 2.44 bits per heavy atom. The van der Waals surface area contributed by atoms with Crippen LogP contribution in [-0.2, 0) is 16.6 Å². The molecular formula is C25H33N7O3S. The third-order valence-corrected chi connectivity index (χ3v) is 8.28. The first-order valence-electron chi connectivity index (χ1n) is 12.4. The maximum atomic E-state index is 12.5. The number of ether oxygens (including phenoxy) is 1. The summed E-state index contributed by atoms with van der Waals surface area (Å²) in [6.07, 6.45) is 4.13. The number of aromatic nitrogens is 4. The summed E-state index contributed by atoms with van der Waals surface area (Å²) in [7, 11) is -2.35. The summed E-state index contributed by atoms with van der Waals surface area (Å²) in [6.45, 7) is 4.65. The van der Waals surface area contributed by atoms with Gasteiger partial charge in [-0.2, -0.15) is 4.80 Å². The van der Waals surface area contributed by atoms with Gasteiger partial charge in [-0.15, -0.1) is 10.2 Å². The second kappa shape index (κ2) is 10.6. The summed E-state index contributed by atoms with van der Waals surface area (Å²) in [6, 6.07) is 13.5. The van der Waals surface area contributed by atoms with E-state index in [1.54, 1.807) is 13.2 Å². The lowest BCUT2D eigenvalue weighted by atomic mass is 9.79. The molecule has 0 bridgehead atoms. The molecule has 1 aliphatic heterocycles. The smallest absolute Gasteiger partial charge is 0.238 e.